The van der Waals surface area contributed by atoms with Crippen molar-refractivity contribution in [2.45, 2.75) is 0 Å². The minimum absolute atomic E-state index is 0.746. The van der Waals surface area contributed by atoms with Crippen LogP contribution in [-0.4, -0.2) is 15.4 Å². The van der Waals surface area contributed by atoms with E-state index in [-0.39, 0.29) is 0 Å². The standard InChI is InChI=1S/C7H5N5/c1-2-4-6-5(3-1)9-12-11-7(6)10-8-4/h1-3H,(H2,8,9,10,11). The topological polar surface area (TPSA) is 62.7 Å². The SMILES string of the molecule is c1cc2c3c(nnnc3c1)NN2. The van der Waals surface area contributed by atoms with Crippen LogP contribution in [0.2, 0.25) is 0 Å². The highest BCUT2D eigenvalue weighted by molar-refractivity contribution is 6.02. The van der Waals surface area contributed by atoms with Crippen molar-refractivity contribution < 1.29 is 0 Å². The van der Waals surface area contributed by atoms with Crippen LogP contribution in [-0.2, 0) is 0 Å². The fourth-order valence-electron chi connectivity index (χ4n) is 1.36. The lowest BCUT2D eigenvalue weighted by Gasteiger charge is -1.94. The lowest BCUT2D eigenvalue weighted by Crippen LogP contribution is -2.02. The third-order valence-corrected chi connectivity index (χ3v) is 1.89. The first-order valence-electron chi connectivity index (χ1n) is 3.59. The molecule has 0 aliphatic carbocycles. The summed E-state index contributed by atoms with van der Waals surface area (Å²) in [7, 11) is 0. The number of anilines is 2. The maximum absolute atomic E-state index is 3.90. The number of hydrogen-bond acceptors (Lipinski definition) is 5. The Morgan fingerprint density at radius 3 is 3.08 bits per heavy atom. The van der Waals surface area contributed by atoms with Gasteiger partial charge in [0.05, 0.1) is 11.1 Å². The second-order valence-corrected chi connectivity index (χ2v) is 2.59. The van der Waals surface area contributed by atoms with E-state index in [9.17, 15) is 0 Å². The summed E-state index contributed by atoms with van der Waals surface area (Å²) in [5.41, 5.74) is 7.75. The van der Waals surface area contributed by atoms with Gasteiger partial charge in [-0.3, -0.25) is 10.9 Å². The Hall–Kier alpha value is -1.91. The molecule has 1 aromatic heterocycles. The minimum atomic E-state index is 0.746. The summed E-state index contributed by atoms with van der Waals surface area (Å²) in [5.74, 6) is 0.746. The molecule has 0 atom stereocenters. The van der Waals surface area contributed by atoms with Gasteiger partial charge in [0, 0.05) is 0 Å². The van der Waals surface area contributed by atoms with Crippen molar-refractivity contribution >= 4 is 22.4 Å². The monoisotopic (exact) mass is 159 g/mol. The van der Waals surface area contributed by atoms with E-state index >= 15 is 0 Å². The molecule has 0 saturated heterocycles. The van der Waals surface area contributed by atoms with Crippen LogP contribution in [0.1, 0.15) is 0 Å². The van der Waals surface area contributed by atoms with Gasteiger partial charge >= 0.3 is 0 Å². The first-order chi connectivity index (χ1) is 5.95. The molecule has 2 heterocycles. The second kappa shape index (κ2) is 1.82. The zero-order valence-electron chi connectivity index (χ0n) is 6.07. The Bertz CT molecular complexity index is 414. The number of hydrazine groups is 1. The number of benzene rings is 1. The zero-order chi connectivity index (χ0) is 7.97. The Kier molecular flexibility index (Phi) is 0.864. The molecular weight excluding hydrogens is 154 g/mol. The lowest BCUT2D eigenvalue weighted by molar-refractivity contribution is 0.902. The molecule has 12 heavy (non-hydrogen) atoms. The van der Waals surface area contributed by atoms with Crippen molar-refractivity contribution in [3.63, 3.8) is 0 Å². The average molecular weight is 159 g/mol. The lowest BCUT2D eigenvalue weighted by atomic mass is 10.2. The number of nitrogens with zero attached hydrogens (tertiary/aromatic N) is 3. The van der Waals surface area contributed by atoms with Crippen molar-refractivity contribution in [1.82, 2.24) is 15.4 Å². The number of nitrogens with one attached hydrogen (secondary N) is 2. The summed E-state index contributed by atoms with van der Waals surface area (Å²) in [4.78, 5) is 0. The van der Waals surface area contributed by atoms with Gasteiger partial charge in [0.2, 0.25) is 0 Å². The molecule has 1 aliphatic heterocycles. The Morgan fingerprint density at radius 1 is 1.08 bits per heavy atom. The maximum atomic E-state index is 3.90. The second-order valence-electron chi connectivity index (χ2n) is 2.59. The fraction of sp³-hybridized carbons (Fsp3) is 0. The average Bonchev–Trinajstić information content (AvgIpc) is 2.52. The van der Waals surface area contributed by atoms with Crippen molar-refractivity contribution in [1.29, 1.82) is 0 Å². The van der Waals surface area contributed by atoms with E-state index < -0.39 is 0 Å². The van der Waals surface area contributed by atoms with Crippen LogP contribution >= 0.6 is 0 Å². The van der Waals surface area contributed by atoms with Gasteiger partial charge < -0.3 is 0 Å². The first-order valence-corrected chi connectivity index (χ1v) is 3.59. The van der Waals surface area contributed by atoms with E-state index in [1.165, 1.54) is 0 Å². The molecule has 5 heteroatoms. The Balaban J connectivity index is 2.58. The fourth-order valence-corrected chi connectivity index (χ4v) is 1.36. The molecule has 0 amide bonds. The Labute approximate surface area is 67.8 Å². The molecule has 2 N–H and O–H groups in total. The normalized spacial score (nSPS) is 12.7. The number of rotatable bonds is 0. The van der Waals surface area contributed by atoms with E-state index in [4.69, 9.17) is 0 Å². The number of aromatic nitrogens is 3. The molecule has 1 aliphatic rings. The molecule has 0 fully saturated rings. The van der Waals surface area contributed by atoms with Gasteiger partial charge in [0.1, 0.15) is 5.52 Å². The molecule has 1 aromatic carbocycles. The summed E-state index contributed by atoms with van der Waals surface area (Å²) >= 11 is 0. The van der Waals surface area contributed by atoms with Crippen LogP contribution in [0.15, 0.2) is 18.2 Å². The molecule has 5 nitrogen and oxygen atoms in total. The van der Waals surface area contributed by atoms with Crippen LogP contribution in [0.3, 0.4) is 0 Å². The molecular formula is C7H5N5. The molecule has 3 rings (SSSR count). The van der Waals surface area contributed by atoms with Crippen molar-refractivity contribution in [2.75, 3.05) is 10.9 Å². The highest BCUT2D eigenvalue weighted by Gasteiger charge is 2.14. The third kappa shape index (κ3) is 0.554. The molecule has 0 radical (unpaired) electrons. The van der Waals surface area contributed by atoms with Gasteiger partial charge in [-0.1, -0.05) is 6.07 Å². The summed E-state index contributed by atoms with van der Waals surface area (Å²) in [5, 5.41) is 12.4. The zero-order valence-corrected chi connectivity index (χ0v) is 6.07. The van der Waals surface area contributed by atoms with Crippen LogP contribution in [0.5, 0.6) is 0 Å². The van der Waals surface area contributed by atoms with Gasteiger partial charge in [0.15, 0.2) is 5.82 Å². The molecule has 58 valence electrons. The van der Waals surface area contributed by atoms with Gasteiger partial charge in [-0.05, 0) is 17.3 Å². The summed E-state index contributed by atoms with van der Waals surface area (Å²) < 4.78 is 0. The van der Waals surface area contributed by atoms with Gasteiger partial charge in [-0.2, -0.15) is 0 Å². The molecule has 0 unspecified atom stereocenters. The molecule has 0 saturated carbocycles. The highest BCUT2D eigenvalue weighted by atomic mass is 15.5. The van der Waals surface area contributed by atoms with Crippen molar-refractivity contribution in [3.8, 4) is 0 Å². The van der Waals surface area contributed by atoms with E-state index in [0.717, 1.165) is 22.4 Å². The largest absolute Gasteiger partial charge is 0.299 e. The third-order valence-electron chi connectivity index (χ3n) is 1.89. The summed E-state index contributed by atoms with van der Waals surface area (Å²) in [6.07, 6.45) is 0. The van der Waals surface area contributed by atoms with E-state index in [0.29, 0.717) is 0 Å². The van der Waals surface area contributed by atoms with Crippen LogP contribution in [0.25, 0.3) is 10.9 Å². The maximum Gasteiger partial charge on any atom is 0.180 e. The van der Waals surface area contributed by atoms with Crippen LogP contribution in [0, 0.1) is 0 Å². The predicted octanol–water partition coefficient (Wildman–Crippen LogP) is 0.777. The highest BCUT2D eigenvalue weighted by Crippen LogP contribution is 2.30. The van der Waals surface area contributed by atoms with Crippen LogP contribution in [0.4, 0.5) is 11.5 Å². The molecule has 0 spiro atoms. The van der Waals surface area contributed by atoms with Gasteiger partial charge in [0.25, 0.3) is 0 Å². The number of hydrogen-bond donors (Lipinski definition) is 2. The van der Waals surface area contributed by atoms with Crippen molar-refractivity contribution in [2.24, 2.45) is 0 Å². The van der Waals surface area contributed by atoms with E-state index in [2.05, 4.69) is 26.3 Å². The van der Waals surface area contributed by atoms with Crippen LogP contribution < -0.4 is 10.9 Å². The smallest absolute Gasteiger partial charge is 0.180 e. The molecule has 2 aromatic rings. The van der Waals surface area contributed by atoms with Crippen molar-refractivity contribution in [3.05, 3.63) is 18.2 Å². The quantitative estimate of drug-likeness (QED) is 0.594. The summed E-state index contributed by atoms with van der Waals surface area (Å²) in [6.45, 7) is 0. The predicted molar refractivity (Wildman–Crippen MR) is 44.6 cm³/mol. The Morgan fingerprint density at radius 2 is 2.08 bits per heavy atom. The summed E-state index contributed by atoms with van der Waals surface area (Å²) in [6, 6.07) is 5.80. The van der Waals surface area contributed by atoms with Gasteiger partial charge in [-0.25, -0.2) is 0 Å². The van der Waals surface area contributed by atoms with Gasteiger partial charge in [-0.15, -0.1) is 10.2 Å². The van der Waals surface area contributed by atoms with E-state index in [1.54, 1.807) is 0 Å². The molecule has 0 bridgehead atoms. The van der Waals surface area contributed by atoms with E-state index in [1.807, 2.05) is 18.2 Å². The first kappa shape index (κ1) is 5.70. The minimum Gasteiger partial charge on any atom is -0.299 e.